The van der Waals surface area contributed by atoms with Crippen LogP contribution < -0.4 is 9.64 Å². The number of nitrogens with zero attached hydrogens (tertiary/aromatic N) is 1. The van der Waals surface area contributed by atoms with Crippen molar-refractivity contribution in [3.63, 3.8) is 0 Å². The van der Waals surface area contributed by atoms with Gasteiger partial charge in [-0.15, -0.1) is 0 Å². The van der Waals surface area contributed by atoms with Crippen molar-refractivity contribution in [3.05, 3.63) is 64.9 Å². The highest BCUT2D eigenvalue weighted by atomic mass is 35.5. The van der Waals surface area contributed by atoms with Gasteiger partial charge in [0, 0.05) is 11.6 Å². The van der Waals surface area contributed by atoms with Crippen LogP contribution in [0, 0.1) is 5.41 Å². The Labute approximate surface area is 156 Å². The largest absolute Gasteiger partial charge is 0.481 e. The Balaban J connectivity index is 2.06. The van der Waals surface area contributed by atoms with Gasteiger partial charge in [-0.3, -0.25) is 9.59 Å². The predicted molar refractivity (Wildman–Crippen MR) is 100 cm³/mol. The highest BCUT2D eigenvalue weighted by Crippen LogP contribution is 2.39. The molecule has 0 bridgehead atoms. The molecule has 1 heterocycles. The monoisotopic (exact) mass is 371 g/mol. The number of amides is 1. The number of carbonyl (C=O) groups is 2. The first-order valence-electron chi connectivity index (χ1n) is 8.07. The lowest BCUT2D eigenvalue weighted by Gasteiger charge is -2.34. The smallest absolute Gasteiger partial charge is 0.310 e. The molecule has 0 aromatic heterocycles. The SMILES string of the molecule is CC(C)(CN1C(=O)/C(=C\c2ccccc2)Oc2ccc(Cl)cc21)C(=O)O. The Hall–Kier alpha value is -2.79. The minimum atomic E-state index is -1.13. The Morgan fingerprint density at radius 2 is 1.92 bits per heavy atom. The maximum Gasteiger partial charge on any atom is 0.310 e. The molecule has 0 radical (unpaired) electrons. The summed E-state index contributed by atoms with van der Waals surface area (Å²) in [5.41, 5.74) is 0.137. The first-order chi connectivity index (χ1) is 12.3. The molecular weight excluding hydrogens is 354 g/mol. The summed E-state index contributed by atoms with van der Waals surface area (Å²) in [6, 6.07) is 14.2. The number of ether oxygens (including phenoxy) is 1. The third-order valence-electron chi connectivity index (χ3n) is 4.12. The molecule has 2 aromatic rings. The van der Waals surface area contributed by atoms with Gasteiger partial charge in [0.05, 0.1) is 11.1 Å². The van der Waals surface area contributed by atoms with E-state index in [0.29, 0.717) is 16.5 Å². The summed E-state index contributed by atoms with van der Waals surface area (Å²) < 4.78 is 5.77. The van der Waals surface area contributed by atoms with E-state index in [0.717, 1.165) is 5.56 Å². The molecule has 0 saturated heterocycles. The van der Waals surface area contributed by atoms with Crippen LogP contribution in [0.4, 0.5) is 5.69 Å². The van der Waals surface area contributed by atoms with Gasteiger partial charge < -0.3 is 14.7 Å². The molecule has 1 N–H and O–H groups in total. The maximum absolute atomic E-state index is 13.0. The molecule has 0 aliphatic carbocycles. The van der Waals surface area contributed by atoms with Gasteiger partial charge in [0.25, 0.3) is 5.91 Å². The van der Waals surface area contributed by atoms with Crippen molar-refractivity contribution in [1.29, 1.82) is 0 Å². The topological polar surface area (TPSA) is 66.8 Å². The van der Waals surface area contributed by atoms with E-state index in [-0.39, 0.29) is 12.3 Å². The fourth-order valence-corrected chi connectivity index (χ4v) is 2.77. The zero-order chi connectivity index (χ0) is 18.9. The lowest BCUT2D eigenvalue weighted by atomic mass is 9.92. The minimum Gasteiger partial charge on any atom is -0.481 e. The van der Waals surface area contributed by atoms with Gasteiger partial charge in [0.2, 0.25) is 0 Å². The zero-order valence-electron chi connectivity index (χ0n) is 14.4. The van der Waals surface area contributed by atoms with E-state index in [2.05, 4.69) is 0 Å². The Kier molecular flexibility index (Phi) is 4.74. The van der Waals surface area contributed by atoms with Gasteiger partial charge in [-0.05, 0) is 43.7 Å². The van der Waals surface area contributed by atoms with E-state index in [9.17, 15) is 14.7 Å². The number of carboxylic acids is 1. The normalized spacial score (nSPS) is 15.6. The van der Waals surface area contributed by atoms with Crippen LogP contribution in [-0.4, -0.2) is 23.5 Å². The first kappa shape index (κ1) is 18.0. The average Bonchev–Trinajstić information content (AvgIpc) is 2.60. The average molecular weight is 372 g/mol. The number of hydrogen-bond acceptors (Lipinski definition) is 3. The summed E-state index contributed by atoms with van der Waals surface area (Å²) in [6.07, 6.45) is 1.64. The molecule has 0 unspecified atom stereocenters. The summed E-state index contributed by atoms with van der Waals surface area (Å²) >= 11 is 6.07. The summed E-state index contributed by atoms with van der Waals surface area (Å²) in [4.78, 5) is 26.0. The molecule has 1 aliphatic heterocycles. The molecule has 1 amide bonds. The number of anilines is 1. The molecule has 134 valence electrons. The molecule has 5 nitrogen and oxygen atoms in total. The third kappa shape index (κ3) is 3.58. The third-order valence-corrected chi connectivity index (χ3v) is 4.35. The number of benzene rings is 2. The summed E-state index contributed by atoms with van der Waals surface area (Å²) in [6.45, 7) is 3.13. The summed E-state index contributed by atoms with van der Waals surface area (Å²) in [5, 5.41) is 9.89. The number of fused-ring (bicyclic) bond motifs is 1. The molecule has 1 aliphatic rings. The summed E-state index contributed by atoms with van der Waals surface area (Å²) in [7, 11) is 0. The Bertz CT molecular complexity index is 890. The van der Waals surface area contributed by atoms with Gasteiger partial charge in [-0.25, -0.2) is 0 Å². The van der Waals surface area contributed by atoms with Gasteiger partial charge in [0.1, 0.15) is 0 Å². The van der Waals surface area contributed by atoms with Crippen molar-refractivity contribution < 1.29 is 19.4 Å². The Morgan fingerprint density at radius 3 is 2.58 bits per heavy atom. The van der Waals surface area contributed by atoms with E-state index in [1.807, 2.05) is 30.3 Å². The molecule has 0 spiro atoms. The molecule has 0 atom stereocenters. The van der Waals surface area contributed by atoms with Crippen LogP contribution in [0.5, 0.6) is 5.75 Å². The fourth-order valence-electron chi connectivity index (χ4n) is 2.60. The molecule has 0 saturated carbocycles. The lowest BCUT2D eigenvalue weighted by Crippen LogP contribution is -2.45. The van der Waals surface area contributed by atoms with Crippen molar-refractivity contribution >= 4 is 35.2 Å². The highest BCUT2D eigenvalue weighted by Gasteiger charge is 2.37. The van der Waals surface area contributed by atoms with Crippen LogP contribution in [-0.2, 0) is 9.59 Å². The van der Waals surface area contributed by atoms with Crippen LogP contribution in [0.15, 0.2) is 54.3 Å². The number of carboxylic acid groups (broad SMARTS) is 1. The van der Waals surface area contributed by atoms with Crippen LogP contribution in [0.1, 0.15) is 19.4 Å². The van der Waals surface area contributed by atoms with E-state index >= 15 is 0 Å². The van der Waals surface area contributed by atoms with E-state index in [4.69, 9.17) is 16.3 Å². The predicted octanol–water partition coefficient (Wildman–Crippen LogP) is 4.22. The number of halogens is 1. The zero-order valence-corrected chi connectivity index (χ0v) is 15.2. The second-order valence-electron chi connectivity index (χ2n) is 6.71. The number of hydrogen-bond donors (Lipinski definition) is 1. The first-order valence-corrected chi connectivity index (χ1v) is 8.45. The van der Waals surface area contributed by atoms with Crippen LogP contribution in [0.3, 0.4) is 0 Å². The van der Waals surface area contributed by atoms with E-state index in [1.165, 1.54) is 4.90 Å². The van der Waals surface area contributed by atoms with Crippen molar-refractivity contribution in [1.82, 2.24) is 0 Å². The number of aliphatic carboxylic acids is 1. The van der Waals surface area contributed by atoms with Crippen molar-refractivity contribution in [2.75, 3.05) is 11.4 Å². The second-order valence-corrected chi connectivity index (χ2v) is 7.15. The van der Waals surface area contributed by atoms with Crippen LogP contribution in [0.25, 0.3) is 6.08 Å². The van der Waals surface area contributed by atoms with Gasteiger partial charge >= 0.3 is 5.97 Å². The van der Waals surface area contributed by atoms with Gasteiger partial charge in [-0.1, -0.05) is 41.9 Å². The minimum absolute atomic E-state index is 0.00992. The molecule has 0 fully saturated rings. The van der Waals surface area contributed by atoms with Gasteiger partial charge in [0.15, 0.2) is 11.5 Å². The molecule has 2 aromatic carbocycles. The van der Waals surface area contributed by atoms with Crippen molar-refractivity contribution in [2.24, 2.45) is 5.41 Å². The molecular formula is C20H18ClNO4. The molecule has 26 heavy (non-hydrogen) atoms. The second kappa shape index (κ2) is 6.84. The number of rotatable bonds is 4. The van der Waals surface area contributed by atoms with Crippen LogP contribution >= 0.6 is 11.6 Å². The van der Waals surface area contributed by atoms with Crippen LogP contribution in [0.2, 0.25) is 5.02 Å². The lowest BCUT2D eigenvalue weighted by molar-refractivity contribution is -0.146. The molecule has 6 heteroatoms. The summed E-state index contributed by atoms with van der Waals surface area (Å²) in [5.74, 6) is -0.809. The highest BCUT2D eigenvalue weighted by molar-refractivity contribution is 6.31. The fraction of sp³-hybridized carbons (Fsp3) is 0.200. The van der Waals surface area contributed by atoms with E-state index in [1.54, 1.807) is 38.1 Å². The van der Waals surface area contributed by atoms with Crippen molar-refractivity contribution in [2.45, 2.75) is 13.8 Å². The van der Waals surface area contributed by atoms with Gasteiger partial charge in [-0.2, -0.15) is 0 Å². The maximum atomic E-state index is 13.0. The quantitative estimate of drug-likeness (QED) is 0.817. The van der Waals surface area contributed by atoms with E-state index < -0.39 is 17.3 Å². The van der Waals surface area contributed by atoms with Crippen molar-refractivity contribution in [3.8, 4) is 5.75 Å². The standard InChI is InChI=1S/C20H18ClNO4/c1-20(2,19(24)25)12-22-15-11-14(21)8-9-16(15)26-17(18(22)23)10-13-6-4-3-5-7-13/h3-11H,12H2,1-2H3,(H,24,25)/b17-10+. The number of carbonyl (C=O) groups excluding carboxylic acids is 1. The Morgan fingerprint density at radius 1 is 1.23 bits per heavy atom. The molecule has 3 rings (SSSR count).